The minimum atomic E-state index is -0.512. The van der Waals surface area contributed by atoms with Crippen LogP contribution in [0.25, 0.3) is 11.0 Å². The Balaban J connectivity index is 1.28. The summed E-state index contributed by atoms with van der Waals surface area (Å²) in [6.45, 7) is 8.81. The predicted molar refractivity (Wildman–Crippen MR) is 139 cm³/mol. The summed E-state index contributed by atoms with van der Waals surface area (Å²) in [5, 5.41) is 3.14. The lowest BCUT2D eigenvalue weighted by Crippen LogP contribution is -2.45. The SMILES string of the molecule is Cc1nc2ccccc2n1C1CC2CCC(C1)N2CC[C@H](NC(=O)OC(C)(C)C)c1ccccc1. The van der Waals surface area contributed by atoms with Gasteiger partial charge < -0.3 is 14.6 Å². The van der Waals surface area contributed by atoms with Crippen molar-refractivity contribution in [1.82, 2.24) is 19.8 Å². The molecule has 0 aliphatic carbocycles. The van der Waals surface area contributed by atoms with Crippen molar-refractivity contribution in [2.24, 2.45) is 0 Å². The summed E-state index contributed by atoms with van der Waals surface area (Å²) in [5.74, 6) is 1.12. The molecule has 6 heteroatoms. The molecule has 3 heterocycles. The van der Waals surface area contributed by atoms with Crippen molar-refractivity contribution in [1.29, 1.82) is 0 Å². The maximum atomic E-state index is 12.6. The van der Waals surface area contributed by atoms with Gasteiger partial charge in [-0.25, -0.2) is 9.78 Å². The number of benzene rings is 2. The van der Waals surface area contributed by atoms with Crippen LogP contribution in [0.2, 0.25) is 0 Å². The predicted octanol–water partition coefficient (Wildman–Crippen LogP) is 6.17. The number of hydrogen-bond acceptors (Lipinski definition) is 4. The molecule has 3 aromatic rings. The van der Waals surface area contributed by atoms with Gasteiger partial charge in [-0.15, -0.1) is 0 Å². The van der Waals surface area contributed by atoms with Crippen LogP contribution in [-0.2, 0) is 4.74 Å². The molecule has 2 saturated heterocycles. The van der Waals surface area contributed by atoms with Gasteiger partial charge >= 0.3 is 6.09 Å². The first kappa shape index (κ1) is 23.9. The van der Waals surface area contributed by atoms with Crippen LogP contribution in [0.1, 0.15) is 76.3 Å². The standard InChI is InChI=1S/C29H38N4O2/c1-20-30-26-12-8-9-13-27(26)33(20)24-18-22-14-15-23(19-24)32(22)17-16-25(21-10-6-5-7-11-21)31-28(34)35-29(2,3)4/h5-13,22-25H,14-19H2,1-4H3,(H,31,34)/t22?,23?,24?,25-/m0/s1. The fourth-order valence-electron chi connectivity index (χ4n) is 6.18. The summed E-state index contributed by atoms with van der Waals surface area (Å²) in [7, 11) is 0. The Hall–Kier alpha value is -2.86. The summed E-state index contributed by atoms with van der Waals surface area (Å²) in [4.78, 5) is 20.1. The van der Waals surface area contributed by atoms with Crippen LogP contribution in [0.4, 0.5) is 4.79 Å². The Labute approximate surface area is 208 Å². The van der Waals surface area contributed by atoms with Gasteiger partial charge in [-0.1, -0.05) is 42.5 Å². The number of amides is 1. The van der Waals surface area contributed by atoms with Crippen molar-refractivity contribution >= 4 is 17.1 Å². The van der Waals surface area contributed by atoms with Crippen LogP contribution < -0.4 is 5.32 Å². The van der Waals surface area contributed by atoms with Crippen molar-refractivity contribution in [2.75, 3.05) is 6.54 Å². The number of aryl methyl sites for hydroxylation is 1. The number of aromatic nitrogens is 2. The lowest BCUT2D eigenvalue weighted by Gasteiger charge is -2.40. The van der Waals surface area contributed by atoms with Gasteiger partial charge in [0.15, 0.2) is 0 Å². The number of alkyl carbamates (subject to hydrolysis) is 1. The molecule has 1 N–H and O–H groups in total. The third kappa shape index (κ3) is 5.22. The Morgan fingerprint density at radius 3 is 2.37 bits per heavy atom. The quantitative estimate of drug-likeness (QED) is 0.464. The van der Waals surface area contributed by atoms with Crippen molar-refractivity contribution < 1.29 is 9.53 Å². The number of nitrogens with zero attached hydrogens (tertiary/aromatic N) is 3. The second kappa shape index (κ2) is 9.65. The second-order valence-corrected chi connectivity index (χ2v) is 11.2. The number of rotatable bonds is 6. The molecule has 2 fully saturated rings. The molecular weight excluding hydrogens is 436 g/mol. The van der Waals surface area contributed by atoms with E-state index in [1.165, 1.54) is 18.4 Å². The molecule has 2 unspecified atom stereocenters. The highest BCUT2D eigenvalue weighted by atomic mass is 16.6. The third-order valence-electron chi connectivity index (χ3n) is 7.57. The number of carbonyl (C=O) groups is 1. The molecule has 2 aliphatic heterocycles. The number of fused-ring (bicyclic) bond motifs is 3. The van der Waals surface area contributed by atoms with Crippen molar-refractivity contribution in [3.05, 3.63) is 66.0 Å². The fourth-order valence-corrected chi connectivity index (χ4v) is 6.18. The molecule has 2 aliphatic rings. The van der Waals surface area contributed by atoms with Crippen LogP contribution in [0.3, 0.4) is 0 Å². The van der Waals surface area contributed by atoms with Gasteiger partial charge in [0.25, 0.3) is 0 Å². The average Bonchev–Trinajstić information content (AvgIpc) is 3.26. The highest BCUT2D eigenvalue weighted by Gasteiger charge is 2.41. The topological polar surface area (TPSA) is 59.4 Å². The Kier molecular flexibility index (Phi) is 6.58. The zero-order valence-corrected chi connectivity index (χ0v) is 21.4. The molecule has 0 spiro atoms. The Morgan fingerprint density at radius 2 is 1.69 bits per heavy atom. The monoisotopic (exact) mass is 474 g/mol. The molecule has 35 heavy (non-hydrogen) atoms. The van der Waals surface area contributed by atoms with Gasteiger partial charge in [-0.3, -0.25) is 4.90 Å². The number of carbonyl (C=O) groups excluding carboxylic acids is 1. The average molecular weight is 475 g/mol. The smallest absolute Gasteiger partial charge is 0.408 e. The van der Waals surface area contributed by atoms with E-state index in [-0.39, 0.29) is 12.1 Å². The van der Waals surface area contributed by atoms with Gasteiger partial charge in [0.05, 0.1) is 17.1 Å². The van der Waals surface area contributed by atoms with Crippen molar-refractivity contribution in [3.8, 4) is 0 Å². The van der Waals surface area contributed by atoms with Crippen LogP contribution >= 0.6 is 0 Å². The molecule has 3 atom stereocenters. The summed E-state index contributed by atoms with van der Waals surface area (Å²) < 4.78 is 8.05. The molecular formula is C29H38N4O2. The number of piperidine rings is 1. The van der Waals surface area contributed by atoms with Crippen LogP contribution in [-0.4, -0.2) is 44.8 Å². The molecule has 6 nitrogen and oxygen atoms in total. The van der Waals surface area contributed by atoms with E-state index in [9.17, 15) is 4.79 Å². The molecule has 1 aromatic heterocycles. The zero-order valence-electron chi connectivity index (χ0n) is 21.4. The highest BCUT2D eigenvalue weighted by molar-refractivity contribution is 5.76. The van der Waals surface area contributed by atoms with Crippen LogP contribution in [0.5, 0.6) is 0 Å². The second-order valence-electron chi connectivity index (χ2n) is 11.2. The van der Waals surface area contributed by atoms with Gasteiger partial charge in [0, 0.05) is 24.7 Å². The van der Waals surface area contributed by atoms with Crippen molar-refractivity contribution in [3.63, 3.8) is 0 Å². The summed E-state index contributed by atoms with van der Waals surface area (Å²) in [6, 6.07) is 20.4. The lowest BCUT2D eigenvalue weighted by atomic mass is 9.95. The minimum absolute atomic E-state index is 0.0667. The third-order valence-corrected chi connectivity index (χ3v) is 7.57. The zero-order chi connectivity index (χ0) is 24.6. The first-order valence-corrected chi connectivity index (χ1v) is 13.0. The Morgan fingerprint density at radius 1 is 1.03 bits per heavy atom. The van der Waals surface area contributed by atoms with E-state index in [0.29, 0.717) is 18.1 Å². The summed E-state index contributed by atoms with van der Waals surface area (Å²) in [6.07, 6.45) is 5.34. The minimum Gasteiger partial charge on any atom is -0.444 e. The van der Waals surface area contributed by atoms with E-state index in [0.717, 1.165) is 42.7 Å². The van der Waals surface area contributed by atoms with Crippen molar-refractivity contribution in [2.45, 2.75) is 89.6 Å². The molecule has 0 saturated carbocycles. The van der Waals surface area contributed by atoms with Gasteiger partial charge in [0.1, 0.15) is 11.4 Å². The molecule has 1 amide bonds. The highest BCUT2D eigenvalue weighted by Crippen LogP contribution is 2.42. The van der Waals surface area contributed by atoms with Gasteiger partial charge in [-0.05, 0) is 77.5 Å². The fraction of sp³-hybridized carbons (Fsp3) is 0.517. The molecule has 0 radical (unpaired) electrons. The van der Waals surface area contributed by atoms with E-state index in [1.807, 2.05) is 39.0 Å². The summed E-state index contributed by atoms with van der Waals surface area (Å²) >= 11 is 0. The normalized spacial score (nSPS) is 23.4. The van der Waals surface area contributed by atoms with E-state index in [1.54, 1.807) is 0 Å². The van der Waals surface area contributed by atoms with E-state index in [4.69, 9.17) is 9.72 Å². The number of imidazole rings is 1. The molecule has 186 valence electrons. The van der Waals surface area contributed by atoms with E-state index >= 15 is 0 Å². The number of ether oxygens (including phenoxy) is 1. The molecule has 2 aromatic carbocycles. The maximum Gasteiger partial charge on any atom is 0.408 e. The largest absolute Gasteiger partial charge is 0.444 e. The molecule has 5 rings (SSSR count). The number of hydrogen-bond donors (Lipinski definition) is 1. The Bertz CT molecular complexity index is 1150. The lowest BCUT2D eigenvalue weighted by molar-refractivity contribution is 0.0489. The van der Waals surface area contributed by atoms with E-state index < -0.39 is 5.60 Å². The molecule has 2 bridgehead atoms. The summed E-state index contributed by atoms with van der Waals surface area (Å²) in [5.41, 5.74) is 2.97. The number of para-hydroxylation sites is 2. The van der Waals surface area contributed by atoms with Crippen LogP contribution in [0, 0.1) is 6.92 Å². The van der Waals surface area contributed by atoms with Gasteiger partial charge in [0.2, 0.25) is 0 Å². The number of nitrogens with one attached hydrogen (secondary N) is 1. The first-order valence-electron chi connectivity index (χ1n) is 13.0. The van der Waals surface area contributed by atoms with E-state index in [2.05, 4.69) is 58.1 Å². The van der Waals surface area contributed by atoms with Crippen LogP contribution in [0.15, 0.2) is 54.6 Å². The first-order chi connectivity index (χ1) is 16.8. The van der Waals surface area contributed by atoms with Gasteiger partial charge in [-0.2, -0.15) is 0 Å². The maximum absolute atomic E-state index is 12.6.